The van der Waals surface area contributed by atoms with Crippen LogP contribution in [0.3, 0.4) is 0 Å². The van der Waals surface area contributed by atoms with Crippen molar-refractivity contribution in [2.24, 2.45) is 0 Å². The maximum absolute atomic E-state index is 12.8. The first-order valence-electron chi connectivity index (χ1n) is 7.00. The SMILES string of the molecule is CC(NC(=O)O)(C(=O)N1CCCC1)c1ccc(Cl)c([N+](=O)[O-])c1. The highest BCUT2D eigenvalue weighted by molar-refractivity contribution is 6.32. The van der Waals surface area contributed by atoms with Crippen LogP contribution in [0.5, 0.6) is 0 Å². The molecule has 2 N–H and O–H groups in total. The van der Waals surface area contributed by atoms with E-state index in [1.165, 1.54) is 19.1 Å². The summed E-state index contributed by atoms with van der Waals surface area (Å²) in [6.07, 6.45) is 0.295. The summed E-state index contributed by atoms with van der Waals surface area (Å²) >= 11 is 5.78. The second-order valence-corrected chi connectivity index (χ2v) is 5.88. The lowest BCUT2D eigenvalue weighted by Crippen LogP contribution is -2.54. The molecule has 23 heavy (non-hydrogen) atoms. The van der Waals surface area contributed by atoms with Crippen molar-refractivity contribution in [2.75, 3.05) is 13.1 Å². The van der Waals surface area contributed by atoms with Gasteiger partial charge in [-0.3, -0.25) is 14.9 Å². The van der Waals surface area contributed by atoms with Gasteiger partial charge in [-0.15, -0.1) is 0 Å². The second-order valence-electron chi connectivity index (χ2n) is 5.48. The highest BCUT2D eigenvalue weighted by Crippen LogP contribution is 2.32. The number of rotatable bonds is 4. The van der Waals surface area contributed by atoms with Crippen molar-refractivity contribution in [3.63, 3.8) is 0 Å². The maximum Gasteiger partial charge on any atom is 0.405 e. The van der Waals surface area contributed by atoms with Crippen LogP contribution in [0.15, 0.2) is 18.2 Å². The highest BCUT2D eigenvalue weighted by Gasteiger charge is 2.41. The molecule has 0 aromatic heterocycles. The van der Waals surface area contributed by atoms with Gasteiger partial charge in [-0.1, -0.05) is 17.7 Å². The average molecular weight is 342 g/mol. The number of hydrogen-bond donors (Lipinski definition) is 2. The van der Waals surface area contributed by atoms with Gasteiger partial charge < -0.3 is 15.3 Å². The Hall–Kier alpha value is -2.35. The molecular formula is C14H16ClN3O5. The van der Waals surface area contributed by atoms with Crippen LogP contribution < -0.4 is 5.32 Å². The van der Waals surface area contributed by atoms with Gasteiger partial charge in [-0.2, -0.15) is 0 Å². The van der Waals surface area contributed by atoms with Gasteiger partial charge in [0.2, 0.25) is 0 Å². The van der Waals surface area contributed by atoms with E-state index < -0.39 is 22.5 Å². The minimum atomic E-state index is -1.62. The molecule has 1 aromatic carbocycles. The Morgan fingerprint density at radius 1 is 1.39 bits per heavy atom. The Balaban J connectivity index is 2.49. The van der Waals surface area contributed by atoms with Crippen LogP contribution in [0.1, 0.15) is 25.3 Å². The monoisotopic (exact) mass is 341 g/mol. The Kier molecular flexibility index (Phi) is 4.74. The number of nitrogens with one attached hydrogen (secondary N) is 1. The van der Waals surface area contributed by atoms with Crippen LogP contribution in [0.4, 0.5) is 10.5 Å². The lowest BCUT2D eigenvalue weighted by atomic mass is 9.90. The summed E-state index contributed by atoms with van der Waals surface area (Å²) in [5.41, 5.74) is -1.82. The molecule has 9 heteroatoms. The minimum absolute atomic E-state index is 0.0787. The number of nitrogens with zero attached hydrogens (tertiary/aromatic N) is 2. The smallest absolute Gasteiger partial charge is 0.405 e. The van der Waals surface area contributed by atoms with Gasteiger partial charge >= 0.3 is 6.09 Å². The lowest BCUT2D eigenvalue weighted by molar-refractivity contribution is -0.384. The summed E-state index contributed by atoms with van der Waals surface area (Å²) < 4.78 is 0. The zero-order chi connectivity index (χ0) is 17.2. The summed E-state index contributed by atoms with van der Waals surface area (Å²) in [6.45, 7) is 2.46. The number of amides is 2. The standard InChI is InChI=1S/C14H16ClN3O5/c1-14(16-13(20)21,12(19)17-6-2-3-7-17)9-4-5-10(15)11(8-9)18(22)23/h4-5,8,16H,2-3,6-7H2,1H3,(H,20,21). The summed E-state index contributed by atoms with van der Waals surface area (Å²) in [7, 11) is 0. The molecule has 1 aliphatic heterocycles. The molecule has 1 saturated heterocycles. The first-order valence-corrected chi connectivity index (χ1v) is 7.38. The molecule has 0 aliphatic carbocycles. The van der Waals surface area contributed by atoms with E-state index in [0.29, 0.717) is 13.1 Å². The lowest BCUT2D eigenvalue weighted by Gasteiger charge is -2.32. The number of benzene rings is 1. The zero-order valence-corrected chi connectivity index (χ0v) is 13.2. The number of likely N-dealkylation sites (tertiary alicyclic amines) is 1. The molecule has 1 heterocycles. The van der Waals surface area contributed by atoms with Gasteiger partial charge in [-0.25, -0.2) is 4.79 Å². The number of carboxylic acid groups (broad SMARTS) is 1. The van der Waals surface area contributed by atoms with Crippen LogP contribution in [-0.4, -0.2) is 40.0 Å². The molecule has 0 saturated carbocycles. The van der Waals surface area contributed by atoms with E-state index >= 15 is 0 Å². The van der Waals surface area contributed by atoms with Crippen molar-refractivity contribution in [3.05, 3.63) is 38.9 Å². The van der Waals surface area contributed by atoms with Crippen LogP contribution in [-0.2, 0) is 10.3 Å². The third-order valence-electron chi connectivity index (χ3n) is 3.90. The van der Waals surface area contributed by atoms with Gasteiger partial charge in [0, 0.05) is 19.2 Å². The quantitative estimate of drug-likeness (QED) is 0.644. The third kappa shape index (κ3) is 3.37. The topological polar surface area (TPSA) is 113 Å². The van der Waals surface area contributed by atoms with E-state index in [-0.39, 0.29) is 16.3 Å². The van der Waals surface area contributed by atoms with Crippen LogP contribution in [0.25, 0.3) is 0 Å². The van der Waals surface area contributed by atoms with Gasteiger partial charge in [0.1, 0.15) is 10.6 Å². The van der Waals surface area contributed by atoms with E-state index in [9.17, 15) is 19.7 Å². The second kappa shape index (κ2) is 6.41. The Morgan fingerprint density at radius 3 is 2.52 bits per heavy atom. The number of nitro groups is 1. The predicted molar refractivity (Wildman–Crippen MR) is 82.4 cm³/mol. The van der Waals surface area contributed by atoms with Crippen molar-refractivity contribution < 1.29 is 19.6 Å². The Bertz CT molecular complexity index is 660. The Morgan fingerprint density at radius 2 is 2.00 bits per heavy atom. The van der Waals surface area contributed by atoms with Gasteiger partial charge in [0.25, 0.3) is 11.6 Å². The van der Waals surface area contributed by atoms with Gasteiger partial charge in [0.15, 0.2) is 0 Å². The van der Waals surface area contributed by atoms with Gasteiger partial charge in [-0.05, 0) is 31.4 Å². The molecular weight excluding hydrogens is 326 g/mol. The van der Waals surface area contributed by atoms with Crippen molar-refractivity contribution in [1.82, 2.24) is 10.2 Å². The van der Waals surface area contributed by atoms with Crippen molar-refractivity contribution in [3.8, 4) is 0 Å². The summed E-state index contributed by atoms with van der Waals surface area (Å²) in [5.74, 6) is -0.436. The van der Waals surface area contributed by atoms with Crippen molar-refractivity contribution in [2.45, 2.75) is 25.3 Å². The summed E-state index contributed by atoms with van der Waals surface area (Å²) in [5, 5.41) is 22.2. The highest BCUT2D eigenvalue weighted by atomic mass is 35.5. The molecule has 2 amide bonds. The fraction of sp³-hybridized carbons (Fsp3) is 0.429. The normalized spacial score (nSPS) is 16.7. The summed E-state index contributed by atoms with van der Waals surface area (Å²) in [4.78, 5) is 35.8. The van der Waals surface area contributed by atoms with Crippen LogP contribution >= 0.6 is 11.6 Å². The first kappa shape index (κ1) is 17.0. The van der Waals surface area contributed by atoms with Crippen LogP contribution in [0, 0.1) is 10.1 Å². The van der Waals surface area contributed by atoms with Crippen LogP contribution in [0.2, 0.25) is 5.02 Å². The molecule has 1 atom stereocenters. The number of carbonyl (C=O) groups excluding carboxylic acids is 1. The van der Waals surface area contributed by atoms with Crippen molar-refractivity contribution in [1.29, 1.82) is 0 Å². The molecule has 0 bridgehead atoms. The fourth-order valence-corrected chi connectivity index (χ4v) is 2.85. The Labute approximate surface area is 137 Å². The minimum Gasteiger partial charge on any atom is -0.465 e. The third-order valence-corrected chi connectivity index (χ3v) is 4.22. The van der Waals surface area contributed by atoms with E-state index in [1.54, 1.807) is 4.90 Å². The summed E-state index contributed by atoms with van der Waals surface area (Å²) in [6, 6.07) is 3.83. The molecule has 1 aliphatic rings. The number of carbonyl (C=O) groups is 2. The molecule has 124 valence electrons. The molecule has 1 aromatic rings. The molecule has 2 rings (SSSR count). The van der Waals surface area contributed by atoms with E-state index in [2.05, 4.69) is 5.32 Å². The number of nitro benzene ring substituents is 1. The van der Waals surface area contributed by atoms with E-state index in [4.69, 9.17) is 16.7 Å². The fourth-order valence-electron chi connectivity index (χ4n) is 2.66. The number of hydrogen-bond acceptors (Lipinski definition) is 4. The zero-order valence-electron chi connectivity index (χ0n) is 12.4. The molecule has 8 nitrogen and oxygen atoms in total. The average Bonchev–Trinajstić information content (AvgIpc) is 2.99. The van der Waals surface area contributed by atoms with E-state index in [0.717, 1.165) is 18.9 Å². The molecule has 1 unspecified atom stereocenters. The predicted octanol–water partition coefficient (Wildman–Crippen LogP) is 2.35. The van der Waals surface area contributed by atoms with E-state index in [1.807, 2.05) is 0 Å². The largest absolute Gasteiger partial charge is 0.465 e. The molecule has 0 spiro atoms. The number of halogens is 1. The van der Waals surface area contributed by atoms with Gasteiger partial charge in [0.05, 0.1) is 4.92 Å². The maximum atomic E-state index is 12.8. The molecule has 1 fully saturated rings. The first-order chi connectivity index (χ1) is 10.8. The molecule has 0 radical (unpaired) electrons. The van der Waals surface area contributed by atoms with Crippen molar-refractivity contribution >= 4 is 29.3 Å².